The van der Waals surface area contributed by atoms with Gasteiger partial charge >= 0.3 is 18.2 Å². The lowest BCUT2D eigenvalue weighted by molar-refractivity contribution is -0.212. The molecule has 8 heteroatoms. The van der Waals surface area contributed by atoms with E-state index in [1.165, 1.54) is 20.8 Å². The zero-order chi connectivity index (χ0) is 20.0. The van der Waals surface area contributed by atoms with Crippen molar-refractivity contribution < 1.29 is 32.2 Å². The van der Waals surface area contributed by atoms with Gasteiger partial charge in [-0.1, -0.05) is 30.3 Å². The Morgan fingerprint density at radius 2 is 1.65 bits per heavy atom. The Kier molecular flexibility index (Phi) is 7.06. The molecule has 1 amide bonds. The van der Waals surface area contributed by atoms with Gasteiger partial charge in [0.15, 0.2) is 0 Å². The van der Waals surface area contributed by atoms with E-state index in [2.05, 4.69) is 4.74 Å². The number of ether oxygens (including phenoxy) is 2. The number of aryl methyl sites for hydroxylation is 1. The number of alkyl carbamates (subject to hydrolysis) is 1. The second-order valence-corrected chi connectivity index (χ2v) is 6.86. The minimum Gasteiger partial charge on any atom is -0.467 e. The molecule has 0 aromatic heterocycles. The van der Waals surface area contributed by atoms with Crippen LogP contribution in [-0.2, 0) is 20.7 Å². The first-order valence-electron chi connectivity index (χ1n) is 8.11. The van der Waals surface area contributed by atoms with Crippen LogP contribution in [0.4, 0.5) is 18.0 Å². The zero-order valence-corrected chi connectivity index (χ0v) is 15.3. The Morgan fingerprint density at radius 3 is 2.12 bits per heavy atom. The predicted octanol–water partition coefficient (Wildman–Crippen LogP) is 4.01. The van der Waals surface area contributed by atoms with Gasteiger partial charge in [-0.25, -0.2) is 9.59 Å². The number of alkyl halides is 3. The van der Waals surface area contributed by atoms with Crippen molar-refractivity contribution >= 4 is 12.1 Å². The van der Waals surface area contributed by atoms with Crippen molar-refractivity contribution in [1.82, 2.24) is 5.32 Å². The van der Waals surface area contributed by atoms with Crippen molar-refractivity contribution in [2.75, 3.05) is 7.11 Å². The number of halogens is 3. The first-order valence-corrected chi connectivity index (χ1v) is 8.11. The Balaban J connectivity index is 3.02. The monoisotopic (exact) mass is 375 g/mol. The number of amides is 1. The minimum atomic E-state index is -5.05. The number of carbonyl (C=O) groups is 2. The largest absolute Gasteiger partial charge is 0.467 e. The van der Waals surface area contributed by atoms with Crippen LogP contribution in [0.1, 0.15) is 39.2 Å². The number of nitrogens with one attached hydrogen (secondary N) is 1. The third kappa shape index (κ3) is 5.93. The van der Waals surface area contributed by atoms with Crippen molar-refractivity contribution in [1.29, 1.82) is 0 Å². The molecule has 1 unspecified atom stereocenters. The second-order valence-electron chi connectivity index (χ2n) is 6.86. The maximum atomic E-state index is 13.8. The highest BCUT2D eigenvalue weighted by molar-refractivity contribution is 5.86. The van der Waals surface area contributed by atoms with Gasteiger partial charge in [-0.2, -0.15) is 13.2 Å². The molecule has 1 N–H and O–H groups in total. The summed E-state index contributed by atoms with van der Waals surface area (Å²) in [4.78, 5) is 23.9. The molecule has 0 heterocycles. The van der Waals surface area contributed by atoms with E-state index < -0.39 is 35.8 Å². The van der Waals surface area contributed by atoms with Crippen LogP contribution < -0.4 is 5.32 Å². The topological polar surface area (TPSA) is 64.6 Å². The average molecular weight is 375 g/mol. The van der Waals surface area contributed by atoms with E-state index in [9.17, 15) is 22.8 Å². The molecule has 0 aliphatic rings. The Morgan fingerprint density at radius 1 is 1.08 bits per heavy atom. The van der Waals surface area contributed by atoms with E-state index in [0.717, 1.165) is 12.7 Å². The SMILES string of the molecule is COC(=O)C(CCCc1ccccc1)(NC(=O)OC(C)(C)C)C(F)(F)F. The summed E-state index contributed by atoms with van der Waals surface area (Å²) in [6.07, 6.45) is -6.73. The van der Waals surface area contributed by atoms with Crippen LogP contribution in [0.2, 0.25) is 0 Å². The molecule has 146 valence electrons. The van der Waals surface area contributed by atoms with E-state index >= 15 is 0 Å². The fourth-order valence-electron chi connectivity index (χ4n) is 2.40. The quantitative estimate of drug-likeness (QED) is 0.763. The summed E-state index contributed by atoms with van der Waals surface area (Å²) >= 11 is 0. The zero-order valence-electron chi connectivity index (χ0n) is 15.3. The fourth-order valence-corrected chi connectivity index (χ4v) is 2.40. The Bertz CT molecular complexity index is 611. The number of benzene rings is 1. The normalized spacial score (nSPS) is 14.3. The first-order chi connectivity index (χ1) is 11.9. The molecule has 0 spiro atoms. The molecule has 0 saturated heterocycles. The molecule has 0 radical (unpaired) electrons. The molecule has 1 aromatic carbocycles. The maximum Gasteiger partial charge on any atom is 0.422 e. The maximum absolute atomic E-state index is 13.8. The van der Waals surface area contributed by atoms with Gasteiger partial charge < -0.3 is 9.47 Å². The molecule has 1 aromatic rings. The Hall–Kier alpha value is -2.25. The standard InChI is InChI=1S/C18H24F3NO4/c1-16(2,3)26-15(24)22-17(14(23)25-4,18(19,20)21)12-8-11-13-9-6-5-7-10-13/h5-7,9-10H,8,11-12H2,1-4H3,(H,22,24). The summed E-state index contributed by atoms with van der Waals surface area (Å²) in [6, 6.07) is 8.88. The van der Waals surface area contributed by atoms with Crippen LogP contribution in [-0.4, -0.2) is 36.5 Å². The van der Waals surface area contributed by atoms with Crippen molar-refractivity contribution in [3.05, 3.63) is 35.9 Å². The molecule has 1 atom stereocenters. The van der Waals surface area contributed by atoms with Crippen LogP contribution in [0.15, 0.2) is 30.3 Å². The molecular weight excluding hydrogens is 351 g/mol. The summed E-state index contributed by atoms with van der Waals surface area (Å²) in [5.74, 6) is -1.58. The summed E-state index contributed by atoms with van der Waals surface area (Å²) in [6.45, 7) is 4.53. The lowest BCUT2D eigenvalue weighted by atomic mass is 9.90. The summed E-state index contributed by atoms with van der Waals surface area (Å²) in [5, 5.41) is 1.70. The predicted molar refractivity (Wildman–Crippen MR) is 89.6 cm³/mol. The number of hydrogen-bond donors (Lipinski definition) is 1. The summed E-state index contributed by atoms with van der Waals surface area (Å²) in [7, 11) is 0.844. The van der Waals surface area contributed by atoms with Crippen LogP contribution >= 0.6 is 0 Å². The number of hydrogen-bond acceptors (Lipinski definition) is 4. The van der Waals surface area contributed by atoms with Crippen LogP contribution in [0.25, 0.3) is 0 Å². The van der Waals surface area contributed by atoms with Gasteiger partial charge in [0.2, 0.25) is 5.54 Å². The van der Waals surface area contributed by atoms with Crippen molar-refractivity contribution in [3.8, 4) is 0 Å². The number of carbonyl (C=O) groups excluding carboxylic acids is 2. The molecule has 5 nitrogen and oxygen atoms in total. The molecule has 0 aliphatic carbocycles. The molecule has 0 aliphatic heterocycles. The third-order valence-corrected chi connectivity index (χ3v) is 3.59. The van der Waals surface area contributed by atoms with Crippen LogP contribution in [0, 0.1) is 0 Å². The van der Waals surface area contributed by atoms with Crippen molar-refractivity contribution in [2.45, 2.75) is 57.3 Å². The van der Waals surface area contributed by atoms with Gasteiger partial charge in [-0.05, 0) is 45.6 Å². The summed E-state index contributed by atoms with van der Waals surface area (Å²) in [5.41, 5.74) is -3.36. The first kappa shape index (κ1) is 21.8. The third-order valence-electron chi connectivity index (χ3n) is 3.59. The van der Waals surface area contributed by atoms with Gasteiger partial charge in [0.25, 0.3) is 0 Å². The van der Waals surface area contributed by atoms with Gasteiger partial charge in [0.1, 0.15) is 5.60 Å². The molecular formula is C18H24F3NO4. The lowest BCUT2D eigenvalue weighted by Gasteiger charge is -2.34. The molecule has 0 saturated carbocycles. The average Bonchev–Trinajstić information content (AvgIpc) is 2.51. The van der Waals surface area contributed by atoms with Crippen molar-refractivity contribution in [2.24, 2.45) is 0 Å². The van der Waals surface area contributed by atoms with E-state index in [-0.39, 0.29) is 6.42 Å². The van der Waals surface area contributed by atoms with Crippen LogP contribution in [0.3, 0.4) is 0 Å². The number of methoxy groups -OCH3 is 1. The van der Waals surface area contributed by atoms with E-state index in [1.54, 1.807) is 35.6 Å². The van der Waals surface area contributed by atoms with Gasteiger partial charge in [0.05, 0.1) is 7.11 Å². The van der Waals surface area contributed by atoms with Crippen molar-refractivity contribution in [3.63, 3.8) is 0 Å². The van der Waals surface area contributed by atoms with E-state index in [4.69, 9.17) is 4.74 Å². The highest BCUT2D eigenvalue weighted by Crippen LogP contribution is 2.36. The highest BCUT2D eigenvalue weighted by Gasteiger charge is 2.62. The fraction of sp³-hybridized carbons (Fsp3) is 0.556. The number of esters is 1. The van der Waals surface area contributed by atoms with E-state index in [0.29, 0.717) is 6.42 Å². The van der Waals surface area contributed by atoms with Gasteiger partial charge in [-0.15, -0.1) is 0 Å². The smallest absolute Gasteiger partial charge is 0.422 e. The molecule has 0 bridgehead atoms. The van der Waals surface area contributed by atoms with Gasteiger partial charge in [-0.3, -0.25) is 5.32 Å². The second kappa shape index (κ2) is 8.42. The molecule has 0 fully saturated rings. The van der Waals surface area contributed by atoms with Gasteiger partial charge in [0, 0.05) is 0 Å². The summed E-state index contributed by atoms with van der Waals surface area (Å²) < 4.78 is 50.5. The Labute approximate surface area is 150 Å². The lowest BCUT2D eigenvalue weighted by Crippen LogP contribution is -2.64. The molecule has 26 heavy (non-hydrogen) atoms. The minimum absolute atomic E-state index is 0.00835. The molecule has 1 rings (SSSR count). The van der Waals surface area contributed by atoms with Crippen LogP contribution in [0.5, 0.6) is 0 Å². The number of rotatable bonds is 6. The highest BCUT2D eigenvalue weighted by atomic mass is 19.4. The van der Waals surface area contributed by atoms with E-state index in [1.807, 2.05) is 0 Å².